The molecule has 0 radical (unpaired) electrons. The van der Waals surface area contributed by atoms with Gasteiger partial charge in [0, 0.05) is 12.1 Å². The summed E-state index contributed by atoms with van der Waals surface area (Å²) in [6.45, 7) is 1.95. The average molecular weight is 360 g/mol. The number of thiophene rings is 1. The summed E-state index contributed by atoms with van der Waals surface area (Å²) in [5.41, 5.74) is 8.06. The van der Waals surface area contributed by atoms with Crippen LogP contribution in [0, 0.1) is 6.92 Å². The minimum absolute atomic E-state index is 0.104. The number of nitrogen functional groups attached to an aromatic ring is 1. The number of carbonyl (C=O) groups is 1. The number of hydrogen-bond acceptors (Lipinski definition) is 3. The van der Waals surface area contributed by atoms with E-state index in [4.69, 9.17) is 17.3 Å². The lowest BCUT2D eigenvalue weighted by atomic mass is 10.2. The Labute approximate surface area is 129 Å². The summed E-state index contributed by atoms with van der Waals surface area (Å²) in [7, 11) is 1.69. The van der Waals surface area contributed by atoms with Crippen LogP contribution < -0.4 is 10.6 Å². The van der Waals surface area contributed by atoms with Gasteiger partial charge in [0.1, 0.15) is 0 Å². The van der Waals surface area contributed by atoms with Gasteiger partial charge < -0.3 is 10.6 Å². The first-order valence-electron chi connectivity index (χ1n) is 5.49. The van der Waals surface area contributed by atoms with Crippen molar-refractivity contribution in [2.75, 3.05) is 17.7 Å². The second kappa shape index (κ2) is 5.53. The number of carbonyl (C=O) groups excluding carboxylic acids is 1. The van der Waals surface area contributed by atoms with Crippen molar-refractivity contribution in [1.29, 1.82) is 0 Å². The first kappa shape index (κ1) is 14.4. The lowest BCUT2D eigenvalue weighted by Crippen LogP contribution is -2.26. The van der Waals surface area contributed by atoms with E-state index in [1.165, 1.54) is 16.2 Å². The van der Waals surface area contributed by atoms with Gasteiger partial charge >= 0.3 is 0 Å². The number of nitrogens with two attached hydrogens (primary N) is 1. The predicted molar refractivity (Wildman–Crippen MR) is 85.4 cm³/mol. The zero-order valence-corrected chi connectivity index (χ0v) is 13.6. The van der Waals surface area contributed by atoms with E-state index in [0.717, 1.165) is 9.35 Å². The Balaban J connectivity index is 2.35. The first-order valence-corrected chi connectivity index (χ1v) is 7.48. The Hall–Kier alpha value is -1.04. The quantitative estimate of drug-likeness (QED) is 0.811. The van der Waals surface area contributed by atoms with Crippen LogP contribution >= 0.6 is 38.9 Å². The Morgan fingerprint density at radius 3 is 2.68 bits per heavy atom. The third-order valence-electron chi connectivity index (χ3n) is 2.73. The van der Waals surface area contributed by atoms with Crippen LogP contribution in [0.5, 0.6) is 0 Å². The fraction of sp³-hybridized carbons (Fsp3) is 0.154. The molecule has 0 bridgehead atoms. The zero-order chi connectivity index (χ0) is 14.2. The molecule has 2 N–H and O–H groups in total. The molecule has 0 atom stereocenters. The standard InChI is InChI=1S/C13H12BrClN2OS/c1-7-5-11(19-12(7)14)13(18)17(2)10-6-8(15)3-4-9(10)16/h3-6H,16H2,1-2H3. The molecule has 0 aliphatic rings. The van der Waals surface area contributed by atoms with E-state index < -0.39 is 0 Å². The van der Waals surface area contributed by atoms with Crippen molar-refractivity contribution >= 4 is 56.1 Å². The second-order valence-corrected chi connectivity index (χ2v) is 6.94. The second-order valence-electron chi connectivity index (χ2n) is 4.13. The van der Waals surface area contributed by atoms with Gasteiger partial charge in [-0.05, 0) is 52.7 Å². The number of nitrogens with zero attached hydrogens (tertiary/aromatic N) is 1. The summed E-state index contributed by atoms with van der Waals surface area (Å²) < 4.78 is 0.961. The summed E-state index contributed by atoms with van der Waals surface area (Å²) in [4.78, 5) is 14.6. The van der Waals surface area contributed by atoms with Gasteiger partial charge in [0.05, 0.1) is 20.0 Å². The van der Waals surface area contributed by atoms with Crippen LogP contribution in [0.4, 0.5) is 11.4 Å². The Kier molecular flexibility index (Phi) is 4.18. The van der Waals surface area contributed by atoms with E-state index in [0.29, 0.717) is 21.3 Å². The van der Waals surface area contributed by atoms with E-state index >= 15 is 0 Å². The number of halogens is 2. The van der Waals surface area contributed by atoms with Gasteiger partial charge in [0.15, 0.2) is 0 Å². The van der Waals surface area contributed by atoms with Crippen LogP contribution in [0.1, 0.15) is 15.2 Å². The van der Waals surface area contributed by atoms with Crippen molar-refractivity contribution < 1.29 is 4.79 Å². The lowest BCUT2D eigenvalue weighted by Gasteiger charge is -2.18. The SMILES string of the molecule is Cc1cc(C(=O)N(C)c2cc(Cl)ccc2N)sc1Br. The summed E-state index contributed by atoms with van der Waals surface area (Å²) in [6, 6.07) is 6.93. The average Bonchev–Trinajstić information content (AvgIpc) is 2.71. The molecule has 2 rings (SSSR count). The van der Waals surface area contributed by atoms with E-state index in [1.807, 2.05) is 13.0 Å². The van der Waals surface area contributed by atoms with Crippen molar-refractivity contribution in [3.05, 3.63) is 43.5 Å². The maximum absolute atomic E-state index is 12.4. The Morgan fingerprint density at radius 1 is 1.42 bits per heavy atom. The summed E-state index contributed by atoms with van der Waals surface area (Å²) in [6.07, 6.45) is 0. The van der Waals surface area contributed by atoms with Crippen molar-refractivity contribution in [3.8, 4) is 0 Å². The minimum atomic E-state index is -0.104. The highest BCUT2D eigenvalue weighted by Crippen LogP contribution is 2.31. The number of aryl methyl sites for hydroxylation is 1. The van der Waals surface area contributed by atoms with Gasteiger partial charge in [-0.25, -0.2) is 0 Å². The molecule has 0 unspecified atom stereocenters. The molecule has 0 aliphatic heterocycles. The first-order chi connectivity index (χ1) is 8.90. The summed E-state index contributed by atoms with van der Waals surface area (Å²) >= 11 is 10.8. The molecule has 1 aromatic heterocycles. The van der Waals surface area contributed by atoms with E-state index in [-0.39, 0.29) is 5.91 Å². The maximum Gasteiger partial charge on any atom is 0.268 e. The number of amides is 1. The molecule has 0 fully saturated rings. The molecule has 3 nitrogen and oxygen atoms in total. The zero-order valence-electron chi connectivity index (χ0n) is 10.4. The van der Waals surface area contributed by atoms with E-state index in [9.17, 15) is 4.79 Å². The fourth-order valence-electron chi connectivity index (χ4n) is 1.65. The molecular weight excluding hydrogens is 348 g/mol. The van der Waals surface area contributed by atoms with Crippen molar-refractivity contribution in [2.24, 2.45) is 0 Å². The molecule has 1 aromatic carbocycles. The molecule has 100 valence electrons. The van der Waals surface area contributed by atoms with Crippen LogP contribution in [-0.4, -0.2) is 13.0 Å². The van der Waals surface area contributed by atoms with Gasteiger partial charge in [-0.3, -0.25) is 4.79 Å². The van der Waals surface area contributed by atoms with Gasteiger partial charge in [-0.1, -0.05) is 11.6 Å². The summed E-state index contributed by atoms with van der Waals surface area (Å²) in [5, 5.41) is 0.549. The highest BCUT2D eigenvalue weighted by molar-refractivity contribution is 9.11. The van der Waals surface area contributed by atoms with Crippen molar-refractivity contribution in [2.45, 2.75) is 6.92 Å². The number of anilines is 2. The molecule has 0 aliphatic carbocycles. The molecule has 0 spiro atoms. The van der Waals surface area contributed by atoms with E-state index in [1.54, 1.807) is 25.2 Å². The van der Waals surface area contributed by atoms with Crippen LogP contribution in [-0.2, 0) is 0 Å². The topological polar surface area (TPSA) is 46.3 Å². The molecule has 6 heteroatoms. The van der Waals surface area contributed by atoms with Gasteiger partial charge in [0.25, 0.3) is 5.91 Å². The van der Waals surface area contributed by atoms with Crippen LogP contribution in [0.25, 0.3) is 0 Å². The molecule has 2 aromatic rings. The Morgan fingerprint density at radius 2 is 2.11 bits per heavy atom. The number of rotatable bonds is 2. The smallest absolute Gasteiger partial charge is 0.268 e. The van der Waals surface area contributed by atoms with Crippen LogP contribution in [0.2, 0.25) is 5.02 Å². The van der Waals surface area contributed by atoms with Crippen LogP contribution in [0.3, 0.4) is 0 Å². The highest BCUT2D eigenvalue weighted by atomic mass is 79.9. The van der Waals surface area contributed by atoms with Gasteiger partial charge in [-0.2, -0.15) is 0 Å². The molecule has 1 amide bonds. The number of benzene rings is 1. The Bertz CT molecular complexity index is 622. The molecule has 1 heterocycles. The fourth-order valence-corrected chi connectivity index (χ4v) is 3.32. The molecular formula is C13H12BrClN2OS. The minimum Gasteiger partial charge on any atom is -0.397 e. The number of hydrogen-bond donors (Lipinski definition) is 1. The van der Waals surface area contributed by atoms with Gasteiger partial charge in [-0.15, -0.1) is 11.3 Å². The lowest BCUT2D eigenvalue weighted by molar-refractivity contribution is 0.0997. The van der Waals surface area contributed by atoms with Crippen molar-refractivity contribution in [3.63, 3.8) is 0 Å². The maximum atomic E-state index is 12.4. The third kappa shape index (κ3) is 2.94. The molecule has 19 heavy (non-hydrogen) atoms. The highest BCUT2D eigenvalue weighted by Gasteiger charge is 2.18. The van der Waals surface area contributed by atoms with Gasteiger partial charge in [0.2, 0.25) is 0 Å². The molecule has 0 saturated carbocycles. The van der Waals surface area contributed by atoms with E-state index in [2.05, 4.69) is 15.9 Å². The monoisotopic (exact) mass is 358 g/mol. The third-order valence-corrected chi connectivity index (χ3v) is 5.09. The molecule has 0 saturated heterocycles. The van der Waals surface area contributed by atoms with Crippen LogP contribution in [0.15, 0.2) is 28.1 Å². The van der Waals surface area contributed by atoms with Crippen molar-refractivity contribution in [1.82, 2.24) is 0 Å². The largest absolute Gasteiger partial charge is 0.397 e. The predicted octanol–water partition coefficient (Wildman–Crippen LogP) is 4.33. The summed E-state index contributed by atoms with van der Waals surface area (Å²) in [5.74, 6) is -0.104. The normalized spacial score (nSPS) is 10.5.